The molecule has 3 aromatic rings. The molecule has 2 heterocycles. The Labute approximate surface area is 181 Å². The number of anilines is 2. The van der Waals surface area contributed by atoms with Gasteiger partial charge in [0.15, 0.2) is 0 Å². The van der Waals surface area contributed by atoms with Crippen molar-refractivity contribution in [3.8, 4) is 0 Å². The highest BCUT2D eigenvalue weighted by Crippen LogP contribution is 2.26. The first kappa shape index (κ1) is 22.3. The number of ether oxygens (including phenoxy) is 2. The molecule has 31 heavy (non-hydrogen) atoms. The minimum atomic E-state index is -0.417. The highest BCUT2D eigenvalue weighted by molar-refractivity contribution is 5.95. The van der Waals surface area contributed by atoms with Gasteiger partial charge in [-0.3, -0.25) is 9.20 Å². The number of nitrogens with one attached hydrogen (secondary N) is 2. The van der Waals surface area contributed by atoms with Crippen molar-refractivity contribution in [2.75, 3.05) is 37.5 Å². The van der Waals surface area contributed by atoms with Gasteiger partial charge >= 0.3 is 5.97 Å². The van der Waals surface area contributed by atoms with Gasteiger partial charge < -0.3 is 20.1 Å². The number of fused-ring (bicyclic) bond motifs is 1. The van der Waals surface area contributed by atoms with Crippen LogP contribution in [0.4, 0.5) is 11.5 Å². The van der Waals surface area contributed by atoms with Crippen LogP contribution in [-0.4, -0.2) is 42.2 Å². The molecule has 0 spiro atoms. The number of carbonyl (C=O) groups excluding carboxylic acids is 1. The highest BCUT2D eigenvalue weighted by atomic mass is 16.5. The molecule has 0 aliphatic carbocycles. The van der Waals surface area contributed by atoms with E-state index in [1.54, 1.807) is 22.7 Å². The SMILES string of the molecule is CCOCCNc1cc(=O)n2cc(C)cc([C@@H](C)Nc3ccccc3C(=O)OC)c2n1. The number of hydrogen-bond donors (Lipinski definition) is 2. The Bertz CT molecular complexity index is 1130. The molecule has 8 nitrogen and oxygen atoms in total. The molecule has 0 aliphatic rings. The summed E-state index contributed by atoms with van der Waals surface area (Å²) in [5.74, 6) is 0.0801. The normalized spacial score (nSPS) is 11.9. The van der Waals surface area contributed by atoms with Crippen molar-refractivity contribution in [3.05, 3.63) is 69.6 Å². The van der Waals surface area contributed by atoms with E-state index in [4.69, 9.17) is 9.47 Å². The lowest BCUT2D eigenvalue weighted by molar-refractivity contribution is 0.0602. The van der Waals surface area contributed by atoms with Crippen LogP contribution in [0.5, 0.6) is 0 Å². The molecule has 0 saturated heterocycles. The second kappa shape index (κ2) is 10.1. The van der Waals surface area contributed by atoms with Crippen LogP contribution in [0.2, 0.25) is 0 Å². The third-order valence-corrected chi connectivity index (χ3v) is 4.85. The predicted octanol–water partition coefficient (Wildman–Crippen LogP) is 3.41. The summed E-state index contributed by atoms with van der Waals surface area (Å²) in [6, 6.07) is 10.4. The van der Waals surface area contributed by atoms with Crippen LogP contribution in [0, 0.1) is 6.92 Å². The van der Waals surface area contributed by atoms with Crippen molar-refractivity contribution in [1.82, 2.24) is 9.38 Å². The minimum absolute atomic E-state index is 0.170. The van der Waals surface area contributed by atoms with Crippen molar-refractivity contribution in [2.24, 2.45) is 0 Å². The fraction of sp³-hybridized carbons (Fsp3) is 0.348. The van der Waals surface area contributed by atoms with Crippen LogP contribution in [0.25, 0.3) is 5.65 Å². The molecule has 0 bridgehead atoms. The second-order valence-corrected chi connectivity index (χ2v) is 7.17. The van der Waals surface area contributed by atoms with E-state index < -0.39 is 5.97 Å². The van der Waals surface area contributed by atoms with Crippen molar-refractivity contribution in [2.45, 2.75) is 26.8 Å². The van der Waals surface area contributed by atoms with Gasteiger partial charge in [0.2, 0.25) is 0 Å². The summed E-state index contributed by atoms with van der Waals surface area (Å²) in [7, 11) is 1.35. The van der Waals surface area contributed by atoms with Crippen LogP contribution < -0.4 is 16.2 Å². The van der Waals surface area contributed by atoms with Gasteiger partial charge in [-0.25, -0.2) is 9.78 Å². The van der Waals surface area contributed by atoms with Crippen LogP contribution in [0.1, 0.15) is 41.4 Å². The Morgan fingerprint density at radius 1 is 1.26 bits per heavy atom. The van der Waals surface area contributed by atoms with Gasteiger partial charge in [-0.15, -0.1) is 0 Å². The molecule has 0 saturated carbocycles. The van der Waals surface area contributed by atoms with Crippen molar-refractivity contribution in [1.29, 1.82) is 0 Å². The number of benzene rings is 1. The van der Waals surface area contributed by atoms with Crippen molar-refractivity contribution < 1.29 is 14.3 Å². The Balaban J connectivity index is 1.98. The van der Waals surface area contributed by atoms with Gasteiger partial charge in [0.05, 0.1) is 25.3 Å². The third kappa shape index (κ3) is 5.21. The monoisotopic (exact) mass is 424 g/mol. The molecule has 0 unspecified atom stereocenters. The summed E-state index contributed by atoms with van der Waals surface area (Å²) >= 11 is 0. The van der Waals surface area contributed by atoms with Crippen LogP contribution in [-0.2, 0) is 9.47 Å². The van der Waals surface area contributed by atoms with E-state index in [1.165, 1.54) is 13.2 Å². The van der Waals surface area contributed by atoms with E-state index in [1.807, 2.05) is 39.0 Å². The fourth-order valence-corrected chi connectivity index (χ4v) is 3.38. The van der Waals surface area contributed by atoms with Gasteiger partial charge in [-0.2, -0.15) is 0 Å². The zero-order chi connectivity index (χ0) is 22.4. The summed E-state index contributed by atoms with van der Waals surface area (Å²) in [5.41, 5.74) is 3.24. The Morgan fingerprint density at radius 3 is 2.77 bits per heavy atom. The number of aromatic nitrogens is 2. The predicted molar refractivity (Wildman–Crippen MR) is 121 cm³/mol. The number of rotatable bonds is 9. The Kier molecular flexibility index (Phi) is 7.25. The van der Waals surface area contributed by atoms with Gasteiger partial charge in [0.1, 0.15) is 11.5 Å². The lowest BCUT2D eigenvalue weighted by Crippen LogP contribution is -2.21. The van der Waals surface area contributed by atoms with E-state index >= 15 is 0 Å². The number of hydrogen-bond acceptors (Lipinski definition) is 7. The summed E-state index contributed by atoms with van der Waals surface area (Å²) in [6.45, 7) is 7.54. The molecule has 0 fully saturated rings. The van der Waals surface area contributed by atoms with E-state index in [2.05, 4.69) is 15.6 Å². The summed E-state index contributed by atoms with van der Waals surface area (Å²) in [6.07, 6.45) is 1.77. The molecular formula is C23H28N4O4. The summed E-state index contributed by atoms with van der Waals surface area (Å²) in [5, 5.41) is 6.51. The first-order valence-electron chi connectivity index (χ1n) is 10.2. The first-order valence-corrected chi connectivity index (χ1v) is 10.2. The van der Waals surface area contributed by atoms with Crippen LogP contribution in [0.15, 0.2) is 47.4 Å². The number of para-hydroxylation sites is 1. The molecule has 3 rings (SSSR count). The van der Waals surface area contributed by atoms with Crippen LogP contribution >= 0.6 is 0 Å². The molecule has 0 radical (unpaired) electrons. The van der Waals surface area contributed by atoms with Gasteiger partial charge in [-0.1, -0.05) is 12.1 Å². The average Bonchev–Trinajstić information content (AvgIpc) is 2.76. The first-order chi connectivity index (χ1) is 14.9. The lowest BCUT2D eigenvalue weighted by Gasteiger charge is -2.20. The lowest BCUT2D eigenvalue weighted by atomic mass is 10.1. The molecule has 164 valence electrons. The third-order valence-electron chi connectivity index (χ3n) is 4.85. The van der Waals surface area contributed by atoms with Crippen molar-refractivity contribution >= 4 is 23.1 Å². The zero-order valence-electron chi connectivity index (χ0n) is 18.3. The van der Waals surface area contributed by atoms with E-state index in [0.29, 0.717) is 42.5 Å². The van der Waals surface area contributed by atoms with Gasteiger partial charge in [-0.05, 0) is 44.5 Å². The molecule has 2 aromatic heterocycles. The van der Waals surface area contributed by atoms with E-state index in [-0.39, 0.29) is 11.6 Å². The highest BCUT2D eigenvalue weighted by Gasteiger charge is 2.17. The smallest absolute Gasteiger partial charge is 0.339 e. The Hall–Kier alpha value is -3.39. The molecule has 0 aliphatic heterocycles. The van der Waals surface area contributed by atoms with Gasteiger partial charge in [0, 0.05) is 36.7 Å². The maximum absolute atomic E-state index is 12.7. The summed E-state index contributed by atoms with van der Waals surface area (Å²) < 4.78 is 11.8. The molecule has 0 amide bonds. The van der Waals surface area contributed by atoms with Crippen LogP contribution in [0.3, 0.4) is 0 Å². The van der Waals surface area contributed by atoms with E-state index in [9.17, 15) is 9.59 Å². The average molecular weight is 425 g/mol. The van der Waals surface area contributed by atoms with Crippen molar-refractivity contribution in [3.63, 3.8) is 0 Å². The molecule has 1 atom stereocenters. The number of carbonyl (C=O) groups is 1. The number of esters is 1. The quantitative estimate of drug-likeness (QED) is 0.402. The molecule has 2 N–H and O–H groups in total. The number of pyridine rings is 1. The zero-order valence-corrected chi connectivity index (χ0v) is 18.3. The van der Waals surface area contributed by atoms with Gasteiger partial charge in [0.25, 0.3) is 5.56 Å². The number of nitrogens with zero attached hydrogens (tertiary/aromatic N) is 2. The summed E-state index contributed by atoms with van der Waals surface area (Å²) in [4.78, 5) is 29.5. The second-order valence-electron chi connectivity index (χ2n) is 7.17. The number of methoxy groups -OCH3 is 1. The molecule has 1 aromatic carbocycles. The maximum atomic E-state index is 12.7. The standard InChI is InChI=1S/C23H28N4O4/c1-5-31-11-10-24-20-13-21(28)27-14-15(2)12-18(22(27)26-20)16(3)25-19-9-7-6-8-17(19)23(29)30-4/h6-9,12-14,16,24-25H,5,10-11H2,1-4H3/t16-/m1/s1. The van der Waals surface area contributed by atoms with E-state index in [0.717, 1.165) is 11.1 Å². The molecular weight excluding hydrogens is 396 g/mol. The fourth-order valence-electron chi connectivity index (χ4n) is 3.38. The topological polar surface area (TPSA) is 94.0 Å². The minimum Gasteiger partial charge on any atom is -0.465 e. The Morgan fingerprint density at radius 2 is 2.03 bits per heavy atom. The molecule has 8 heteroatoms. The largest absolute Gasteiger partial charge is 0.465 e. The maximum Gasteiger partial charge on any atom is 0.339 e. The number of aryl methyl sites for hydroxylation is 1.